The minimum atomic E-state index is -0.333. The van der Waals surface area contributed by atoms with Crippen molar-refractivity contribution in [1.82, 2.24) is 24.5 Å². The highest BCUT2D eigenvalue weighted by Crippen LogP contribution is 2.25. The van der Waals surface area contributed by atoms with Gasteiger partial charge >= 0.3 is 0 Å². The van der Waals surface area contributed by atoms with E-state index in [1.807, 2.05) is 11.8 Å². The lowest BCUT2D eigenvalue weighted by molar-refractivity contribution is -0.132. The zero-order valence-corrected chi connectivity index (χ0v) is 18.9. The van der Waals surface area contributed by atoms with E-state index in [0.717, 1.165) is 25.9 Å². The first kappa shape index (κ1) is 22.5. The third-order valence-corrected chi connectivity index (χ3v) is 6.38. The SMILES string of the molecule is Cc1nn(-c2ccc(F)cc2)c(Cl)c1/C=C/C(=O)N1CCN(CC(=O)N2CCCC2)CC1. The zero-order valence-electron chi connectivity index (χ0n) is 18.1. The first-order valence-corrected chi connectivity index (χ1v) is 11.3. The van der Waals surface area contributed by atoms with Gasteiger partial charge in [-0.15, -0.1) is 0 Å². The van der Waals surface area contributed by atoms with E-state index in [1.165, 1.54) is 22.9 Å². The van der Waals surface area contributed by atoms with Crippen LogP contribution in [0.2, 0.25) is 5.15 Å². The van der Waals surface area contributed by atoms with Crippen molar-refractivity contribution in [2.75, 3.05) is 45.8 Å². The van der Waals surface area contributed by atoms with Gasteiger partial charge < -0.3 is 9.80 Å². The number of likely N-dealkylation sites (tertiary alicyclic amines) is 1. The summed E-state index contributed by atoms with van der Waals surface area (Å²) in [4.78, 5) is 30.8. The Bertz CT molecular complexity index is 1010. The maximum absolute atomic E-state index is 13.2. The Morgan fingerprint density at radius 1 is 1.03 bits per heavy atom. The van der Waals surface area contributed by atoms with E-state index < -0.39 is 0 Å². The highest BCUT2D eigenvalue weighted by Gasteiger charge is 2.24. The number of rotatable bonds is 5. The second-order valence-electron chi connectivity index (χ2n) is 8.20. The average molecular weight is 460 g/mol. The molecule has 2 aromatic rings. The standard InChI is InChI=1S/C23H27ClFN5O2/c1-17-20(23(24)30(26-17)19-6-4-18(25)5-7-19)8-9-21(31)29-14-12-27(13-15-29)16-22(32)28-10-2-3-11-28/h4-9H,2-3,10-16H2,1H3/b9-8+. The van der Waals surface area contributed by atoms with Gasteiger partial charge in [0.05, 0.1) is 17.9 Å². The molecule has 0 N–H and O–H groups in total. The molecule has 2 aliphatic rings. The van der Waals surface area contributed by atoms with Gasteiger partial charge in [-0.2, -0.15) is 5.10 Å². The van der Waals surface area contributed by atoms with E-state index in [4.69, 9.17) is 11.6 Å². The van der Waals surface area contributed by atoms with E-state index in [0.29, 0.717) is 54.8 Å². The summed E-state index contributed by atoms with van der Waals surface area (Å²) >= 11 is 6.48. The monoisotopic (exact) mass is 459 g/mol. The molecule has 32 heavy (non-hydrogen) atoms. The van der Waals surface area contributed by atoms with Crippen LogP contribution in [0, 0.1) is 12.7 Å². The number of carbonyl (C=O) groups excluding carboxylic acids is 2. The summed E-state index contributed by atoms with van der Waals surface area (Å²) < 4.78 is 14.7. The summed E-state index contributed by atoms with van der Waals surface area (Å²) in [5, 5.41) is 4.78. The number of aromatic nitrogens is 2. The predicted octanol–water partition coefficient (Wildman–Crippen LogP) is 2.75. The molecule has 1 aromatic carbocycles. The number of hydrogen-bond donors (Lipinski definition) is 0. The molecule has 0 saturated carbocycles. The Kier molecular flexibility index (Phi) is 6.91. The molecule has 2 saturated heterocycles. The molecule has 170 valence electrons. The van der Waals surface area contributed by atoms with Crippen LogP contribution in [0.3, 0.4) is 0 Å². The van der Waals surface area contributed by atoms with Gasteiger partial charge in [0.25, 0.3) is 0 Å². The Hall–Kier alpha value is -2.71. The maximum Gasteiger partial charge on any atom is 0.246 e. The lowest BCUT2D eigenvalue weighted by Gasteiger charge is -2.34. The average Bonchev–Trinajstić information content (AvgIpc) is 3.42. The van der Waals surface area contributed by atoms with Crippen LogP contribution in [0.1, 0.15) is 24.1 Å². The van der Waals surface area contributed by atoms with Gasteiger partial charge in [0.1, 0.15) is 11.0 Å². The summed E-state index contributed by atoms with van der Waals surface area (Å²) in [5.74, 6) is -0.244. The Labute approximate surface area is 192 Å². The van der Waals surface area contributed by atoms with E-state index >= 15 is 0 Å². The number of halogens is 2. The Morgan fingerprint density at radius 2 is 1.69 bits per heavy atom. The summed E-state index contributed by atoms with van der Waals surface area (Å²) in [5.41, 5.74) is 1.97. The van der Waals surface area contributed by atoms with Gasteiger partial charge in [-0.1, -0.05) is 11.6 Å². The first-order chi connectivity index (χ1) is 15.4. The van der Waals surface area contributed by atoms with Gasteiger partial charge in [0.2, 0.25) is 11.8 Å². The Morgan fingerprint density at radius 3 is 2.34 bits per heavy atom. The van der Waals surface area contributed by atoms with E-state index in [2.05, 4.69) is 10.00 Å². The van der Waals surface area contributed by atoms with Crippen molar-refractivity contribution in [2.45, 2.75) is 19.8 Å². The quantitative estimate of drug-likeness (QED) is 0.645. The zero-order chi connectivity index (χ0) is 22.7. The molecule has 0 spiro atoms. The molecule has 1 aromatic heterocycles. The summed E-state index contributed by atoms with van der Waals surface area (Å²) in [7, 11) is 0. The molecule has 0 bridgehead atoms. The molecule has 4 rings (SSSR count). The van der Waals surface area contributed by atoms with Crippen LogP contribution in [0.15, 0.2) is 30.3 Å². The predicted molar refractivity (Wildman–Crippen MR) is 121 cm³/mol. The van der Waals surface area contributed by atoms with Crippen LogP contribution in [0.4, 0.5) is 4.39 Å². The molecule has 7 nitrogen and oxygen atoms in total. The van der Waals surface area contributed by atoms with Gasteiger partial charge in [-0.3, -0.25) is 14.5 Å². The maximum atomic E-state index is 13.2. The molecule has 0 atom stereocenters. The first-order valence-electron chi connectivity index (χ1n) is 10.9. The molecular formula is C23H27ClFN5O2. The summed E-state index contributed by atoms with van der Waals surface area (Å²) in [6.45, 7) is 6.49. The molecular weight excluding hydrogens is 433 g/mol. The van der Waals surface area contributed by atoms with Crippen LogP contribution in [0.25, 0.3) is 11.8 Å². The third kappa shape index (κ3) is 5.02. The van der Waals surface area contributed by atoms with Gasteiger partial charge in [-0.05, 0) is 50.1 Å². The number of aryl methyl sites for hydroxylation is 1. The number of piperazine rings is 1. The van der Waals surface area contributed by atoms with Crippen LogP contribution < -0.4 is 0 Å². The smallest absolute Gasteiger partial charge is 0.246 e. The second-order valence-corrected chi connectivity index (χ2v) is 8.56. The number of amides is 2. The van der Waals surface area contributed by atoms with Crippen molar-refractivity contribution < 1.29 is 14.0 Å². The van der Waals surface area contributed by atoms with Gasteiger partial charge in [-0.25, -0.2) is 9.07 Å². The summed E-state index contributed by atoms with van der Waals surface area (Å²) in [6.07, 6.45) is 5.37. The minimum Gasteiger partial charge on any atom is -0.342 e. The Balaban J connectivity index is 1.34. The largest absolute Gasteiger partial charge is 0.342 e. The molecule has 9 heteroatoms. The molecule has 2 amide bonds. The molecule has 2 fully saturated rings. The van der Waals surface area contributed by atoms with E-state index in [1.54, 1.807) is 23.1 Å². The van der Waals surface area contributed by atoms with Crippen molar-refractivity contribution in [3.8, 4) is 5.69 Å². The van der Waals surface area contributed by atoms with Gasteiger partial charge in [0, 0.05) is 50.9 Å². The molecule has 2 aliphatic heterocycles. The van der Waals surface area contributed by atoms with Crippen molar-refractivity contribution in [3.63, 3.8) is 0 Å². The lowest BCUT2D eigenvalue weighted by atomic mass is 10.2. The number of benzene rings is 1. The van der Waals surface area contributed by atoms with Crippen LogP contribution in [0.5, 0.6) is 0 Å². The normalized spacial score (nSPS) is 17.5. The van der Waals surface area contributed by atoms with E-state index in [9.17, 15) is 14.0 Å². The van der Waals surface area contributed by atoms with Gasteiger partial charge in [0.15, 0.2) is 0 Å². The summed E-state index contributed by atoms with van der Waals surface area (Å²) in [6, 6.07) is 5.89. The van der Waals surface area contributed by atoms with Crippen molar-refractivity contribution in [3.05, 3.63) is 52.6 Å². The lowest BCUT2D eigenvalue weighted by Crippen LogP contribution is -2.51. The highest BCUT2D eigenvalue weighted by atomic mass is 35.5. The van der Waals surface area contributed by atoms with Crippen LogP contribution in [-0.2, 0) is 9.59 Å². The number of hydrogen-bond acceptors (Lipinski definition) is 4. The minimum absolute atomic E-state index is 0.0967. The third-order valence-electron chi connectivity index (χ3n) is 6.01. The van der Waals surface area contributed by atoms with Crippen LogP contribution in [-0.4, -0.2) is 82.1 Å². The fourth-order valence-corrected chi connectivity index (χ4v) is 4.43. The number of carbonyl (C=O) groups is 2. The number of nitrogens with zero attached hydrogens (tertiary/aromatic N) is 5. The molecule has 0 unspecified atom stereocenters. The molecule has 0 aliphatic carbocycles. The molecule has 0 radical (unpaired) electrons. The van der Waals surface area contributed by atoms with Crippen molar-refractivity contribution in [2.24, 2.45) is 0 Å². The molecule has 3 heterocycles. The second kappa shape index (κ2) is 9.83. The topological polar surface area (TPSA) is 61.7 Å². The van der Waals surface area contributed by atoms with Crippen molar-refractivity contribution in [1.29, 1.82) is 0 Å². The van der Waals surface area contributed by atoms with Crippen LogP contribution >= 0.6 is 11.6 Å². The fourth-order valence-electron chi connectivity index (χ4n) is 4.10. The highest BCUT2D eigenvalue weighted by molar-refractivity contribution is 6.31. The van der Waals surface area contributed by atoms with E-state index in [-0.39, 0.29) is 17.6 Å². The fraction of sp³-hybridized carbons (Fsp3) is 0.435. The van der Waals surface area contributed by atoms with Crippen molar-refractivity contribution >= 4 is 29.5 Å².